The summed E-state index contributed by atoms with van der Waals surface area (Å²) in [4.78, 5) is 11.5. The van der Waals surface area contributed by atoms with Crippen molar-refractivity contribution in [3.8, 4) is 0 Å². The quantitative estimate of drug-likeness (QED) is 0.472. The molecule has 1 saturated heterocycles. The molecule has 1 fully saturated rings. The highest BCUT2D eigenvalue weighted by Crippen LogP contribution is 2.28. The van der Waals surface area contributed by atoms with Gasteiger partial charge in [0.05, 0.1) is 0 Å². The average molecular weight is 274 g/mol. The molecule has 2 aliphatic rings. The minimum absolute atomic E-state index is 0.0227. The lowest BCUT2D eigenvalue weighted by Crippen LogP contribution is -2.43. The fourth-order valence-electron chi connectivity index (χ4n) is 2.73. The van der Waals surface area contributed by atoms with E-state index >= 15 is 0 Å². The van der Waals surface area contributed by atoms with Gasteiger partial charge in [0, 0.05) is 0 Å². The molecule has 0 amide bonds. The van der Waals surface area contributed by atoms with Gasteiger partial charge in [-0.15, -0.1) is 0 Å². The zero-order valence-electron chi connectivity index (χ0n) is 12.3. The van der Waals surface area contributed by atoms with Crippen molar-refractivity contribution in [3.63, 3.8) is 0 Å². The summed E-state index contributed by atoms with van der Waals surface area (Å²) in [5.41, 5.74) is 0. The van der Waals surface area contributed by atoms with Crippen molar-refractivity contribution in [3.05, 3.63) is 36.5 Å². The van der Waals surface area contributed by atoms with Gasteiger partial charge in [0.1, 0.15) is 12.0 Å². The van der Waals surface area contributed by atoms with Crippen LogP contribution in [-0.2, 0) is 9.53 Å². The van der Waals surface area contributed by atoms with Gasteiger partial charge in [-0.1, -0.05) is 49.3 Å². The van der Waals surface area contributed by atoms with E-state index in [-0.39, 0.29) is 18.0 Å². The molecule has 0 aromatic rings. The molecule has 110 valence electrons. The van der Waals surface area contributed by atoms with Crippen LogP contribution in [0.25, 0.3) is 0 Å². The molecule has 2 nitrogen and oxygen atoms in total. The van der Waals surface area contributed by atoms with Crippen molar-refractivity contribution in [2.45, 2.75) is 63.9 Å². The summed E-state index contributed by atoms with van der Waals surface area (Å²) in [7, 11) is 0. The van der Waals surface area contributed by atoms with Gasteiger partial charge in [-0.25, -0.2) is 0 Å². The van der Waals surface area contributed by atoms with E-state index in [1.54, 1.807) is 0 Å². The Hall–Kier alpha value is -1.31. The first kappa shape index (κ1) is 15.1. The number of hydrogen-bond donors (Lipinski definition) is 0. The van der Waals surface area contributed by atoms with Gasteiger partial charge in [-0.2, -0.15) is 0 Å². The SMILES string of the molecule is O=C1OC2CCCC=CC=CCCCCCCC=CC12. The summed E-state index contributed by atoms with van der Waals surface area (Å²) in [6, 6.07) is 0. The number of fused-ring (bicyclic) bond motifs is 1. The lowest BCUT2D eigenvalue weighted by Gasteiger charge is -2.33. The van der Waals surface area contributed by atoms with Crippen LogP contribution < -0.4 is 0 Å². The van der Waals surface area contributed by atoms with Crippen LogP contribution in [0, 0.1) is 5.92 Å². The Morgan fingerprint density at radius 2 is 1.50 bits per heavy atom. The van der Waals surface area contributed by atoms with Crippen LogP contribution in [0.4, 0.5) is 0 Å². The summed E-state index contributed by atoms with van der Waals surface area (Å²) in [6.45, 7) is 0. The van der Waals surface area contributed by atoms with Crippen LogP contribution >= 0.6 is 0 Å². The molecule has 2 heteroatoms. The summed E-state index contributed by atoms with van der Waals surface area (Å²) >= 11 is 0. The molecule has 1 heterocycles. The predicted molar refractivity (Wildman–Crippen MR) is 82.3 cm³/mol. The number of hydrogen-bond acceptors (Lipinski definition) is 2. The second kappa shape index (κ2) is 8.78. The van der Waals surface area contributed by atoms with Crippen molar-refractivity contribution in [2.75, 3.05) is 0 Å². The molecular weight excluding hydrogens is 248 g/mol. The van der Waals surface area contributed by atoms with Crippen LogP contribution in [0.5, 0.6) is 0 Å². The maximum atomic E-state index is 11.5. The Labute approximate surface area is 122 Å². The topological polar surface area (TPSA) is 26.3 Å². The summed E-state index contributed by atoms with van der Waals surface area (Å²) in [5.74, 6) is -0.0165. The first-order chi connectivity index (χ1) is 9.88. The Morgan fingerprint density at radius 1 is 0.850 bits per heavy atom. The second-order valence-corrected chi connectivity index (χ2v) is 5.71. The molecule has 0 aromatic heterocycles. The molecule has 0 radical (unpaired) electrons. The maximum absolute atomic E-state index is 11.5. The molecule has 0 spiro atoms. The van der Waals surface area contributed by atoms with Crippen molar-refractivity contribution in [2.24, 2.45) is 5.92 Å². The van der Waals surface area contributed by atoms with Crippen molar-refractivity contribution in [1.82, 2.24) is 0 Å². The third-order valence-corrected chi connectivity index (χ3v) is 4.02. The highest BCUT2D eigenvalue weighted by Gasteiger charge is 2.39. The van der Waals surface area contributed by atoms with E-state index in [1.807, 2.05) is 0 Å². The van der Waals surface area contributed by atoms with Crippen molar-refractivity contribution >= 4 is 5.97 Å². The third kappa shape index (κ3) is 4.99. The number of rotatable bonds is 0. The van der Waals surface area contributed by atoms with Gasteiger partial charge in [0.2, 0.25) is 0 Å². The normalized spacial score (nSPS) is 29.1. The molecule has 0 N–H and O–H groups in total. The van der Waals surface area contributed by atoms with Crippen LogP contribution in [0.3, 0.4) is 0 Å². The van der Waals surface area contributed by atoms with Crippen LogP contribution in [0.15, 0.2) is 36.5 Å². The molecule has 2 rings (SSSR count). The number of ether oxygens (including phenoxy) is 1. The summed E-state index contributed by atoms with van der Waals surface area (Å²) in [5, 5.41) is 0. The Kier molecular flexibility index (Phi) is 6.62. The number of carbonyl (C=O) groups is 1. The van der Waals surface area contributed by atoms with E-state index in [4.69, 9.17) is 4.74 Å². The average Bonchev–Trinajstić information content (AvgIpc) is 2.44. The fourth-order valence-corrected chi connectivity index (χ4v) is 2.73. The van der Waals surface area contributed by atoms with Crippen LogP contribution in [0.2, 0.25) is 0 Å². The van der Waals surface area contributed by atoms with Gasteiger partial charge in [0.25, 0.3) is 0 Å². The third-order valence-electron chi connectivity index (χ3n) is 4.02. The number of esters is 1. The Morgan fingerprint density at radius 3 is 2.20 bits per heavy atom. The number of carbonyl (C=O) groups excluding carboxylic acids is 1. The molecule has 0 aromatic carbocycles. The second-order valence-electron chi connectivity index (χ2n) is 5.71. The Balaban J connectivity index is 1.82. The molecule has 2 atom stereocenters. The largest absolute Gasteiger partial charge is 0.461 e. The minimum Gasteiger partial charge on any atom is -0.461 e. The highest BCUT2D eigenvalue weighted by molar-refractivity contribution is 5.80. The van der Waals surface area contributed by atoms with E-state index in [1.165, 1.54) is 32.1 Å². The van der Waals surface area contributed by atoms with Gasteiger partial charge in [0.15, 0.2) is 0 Å². The van der Waals surface area contributed by atoms with E-state index in [0.717, 1.165) is 25.7 Å². The highest BCUT2D eigenvalue weighted by atomic mass is 16.6. The van der Waals surface area contributed by atoms with E-state index in [9.17, 15) is 4.79 Å². The number of allylic oxidation sites excluding steroid dienone is 5. The van der Waals surface area contributed by atoms with E-state index in [2.05, 4.69) is 36.5 Å². The lowest BCUT2D eigenvalue weighted by molar-refractivity contribution is -0.179. The molecule has 1 aliphatic heterocycles. The van der Waals surface area contributed by atoms with Crippen LogP contribution in [0.1, 0.15) is 57.8 Å². The summed E-state index contributed by atoms with van der Waals surface area (Å²) in [6.07, 6.45) is 23.7. The smallest absolute Gasteiger partial charge is 0.316 e. The molecule has 20 heavy (non-hydrogen) atoms. The zero-order valence-corrected chi connectivity index (χ0v) is 12.3. The van der Waals surface area contributed by atoms with Crippen LogP contribution in [-0.4, -0.2) is 12.1 Å². The minimum atomic E-state index is -0.0392. The summed E-state index contributed by atoms with van der Waals surface area (Å²) < 4.78 is 5.24. The van der Waals surface area contributed by atoms with E-state index in [0.29, 0.717) is 0 Å². The van der Waals surface area contributed by atoms with Crippen molar-refractivity contribution in [1.29, 1.82) is 0 Å². The van der Waals surface area contributed by atoms with Gasteiger partial charge < -0.3 is 4.74 Å². The zero-order chi connectivity index (χ0) is 14.0. The standard InChI is InChI=1S/C18H26O2/c19-18-16-14-12-10-8-6-4-2-1-3-5-7-9-11-13-15-17(16)20-18/h3,5,7,9,12,14,16-17H,1-2,4,6,8,10-11,13,15H2. The monoisotopic (exact) mass is 274 g/mol. The van der Waals surface area contributed by atoms with Gasteiger partial charge >= 0.3 is 5.97 Å². The lowest BCUT2D eigenvalue weighted by atomic mass is 9.91. The first-order valence-electron chi connectivity index (χ1n) is 8.07. The van der Waals surface area contributed by atoms with Crippen molar-refractivity contribution < 1.29 is 9.53 Å². The van der Waals surface area contributed by atoms with Gasteiger partial charge in [-0.05, 0) is 44.9 Å². The first-order valence-corrected chi connectivity index (χ1v) is 8.07. The maximum Gasteiger partial charge on any atom is 0.316 e. The fraction of sp³-hybridized carbons (Fsp3) is 0.611. The van der Waals surface area contributed by atoms with E-state index < -0.39 is 0 Å². The molecule has 0 bridgehead atoms. The molecule has 2 unspecified atom stereocenters. The Bertz CT molecular complexity index is 379. The molecule has 0 saturated carbocycles. The predicted octanol–water partition coefficient (Wildman–Crippen LogP) is 4.72. The van der Waals surface area contributed by atoms with Gasteiger partial charge in [-0.3, -0.25) is 4.79 Å². The molecule has 1 aliphatic carbocycles. The molecular formula is C18H26O2.